The number of hydrogen-bond donors (Lipinski definition) is 0. The molecule has 0 N–H and O–H groups in total. The van der Waals surface area contributed by atoms with Gasteiger partial charge in [0.1, 0.15) is 11.2 Å². The summed E-state index contributed by atoms with van der Waals surface area (Å²) in [7, 11) is 0. The van der Waals surface area contributed by atoms with Gasteiger partial charge in [0.2, 0.25) is 0 Å². The summed E-state index contributed by atoms with van der Waals surface area (Å²) in [6, 6.07) is 41.1. The second-order valence-electron chi connectivity index (χ2n) is 26.2. The predicted octanol–water partition coefficient (Wildman–Crippen LogP) is 12.8. The Morgan fingerprint density at radius 2 is 1.13 bits per heavy atom. The summed E-state index contributed by atoms with van der Waals surface area (Å²) in [5.74, 6) is 0.365. The van der Waals surface area contributed by atoms with Crippen LogP contribution in [0.2, 0.25) is 0 Å². The molecule has 1 atom stereocenters. The van der Waals surface area contributed by atoms with Crippen molar-refractivity contribution in [2.75, 3.05) is 0 Å². The number of nitrogens with zero attached hydrogens (tertiary/aromatic N) is 3. The molecule has 8 heterocycles. The van der Waals surface area contributed by atoms with Gasteiger partial charge in [-0.05, 0) is 132 Å². The maximum Gasteiger partial charge on any atom is 0.252 e. The number of furan rings is 1. The van der Waals surface area contributed by atoms with Gasteiger partial charge in [0, 0.05) is 66.1 Å². The van der Waals surface area contributed by atoms with Crippen molar-refractivity contribution in [1.82, 2.24) is 13.7 Å². The zero-order valence-corrected chi connectivity index (χ0v) is 42.6. The summed E-state index contributed by atoms with van der Waals surface area (Å²) in [4.78, 5) is 0. The number of allylic oxidation sites excluding steroid dienone is 1. The monoisotopic (exact) mass is 905 g/mol. The smallest absolute Gasteiger partial charge is 0.252 e. The fourth-order valence-corrected chi connectivity index (χ4v) is 14.5. The first kappa shape index (κ1) is 40.1. The van der Waals surface area contributed by atoms with Gasteiger partial charge in [-0.2, -0.15) is 0 Å². The average molecular weight is 906 g/mol. The van der Waals surface area contributed by atoms with E-state index in [0.29, 0.717) is 5.92 Å². The minimum atomic E-state index is -0.0545. The van der Waals surface area contributed by atoms with E-state index in [2.05, 4.69) is 206 Å². The molecule has 4 nitrogen and oxygen atoms in total. The van der Waals surface area contributed by atoms with Gasteiger partial charge in [-0.1, -0.05) is 150 Å². The molecule has 6 heteroatoms. The van der Waals surface area contributed by atoms with Gasteiger partial charge in [0.15, 0.2) is 0 Å². The van der Waals surface area contributed by atoms with Crippen molar-refractivity contribution in [2.45, 2.75) is 106 Å². The van der Waals surface area contributed by atoms with E-state index < -0.39 is 0 Å². The van der Waals surface area contributed by atoms with E-state index in [-0.39, 0.29) is 35.1 Å². The zero-order valence-electron chi connectivity index (χ0n) is 42.6. The number of para-hydroxylation sites is 2. The van der Waals surface area contributed by atoms with Crippen LogP contribution >= 0.6 is 0 Å². The molecular formula is C64H57B2N3O. The van der Waals surface area contributed by atoms with Gasteiger partial charge in [0.25, 0.3) is 13.4 Å². The van der Waals surface area contributed by atoms with Crippen molar-refractivity contribution in [3.05, 3.63) is 137 Å². The standard InChI is InChI=1S/C64H57B2N3O/c1-61(2,3)32-20-22-47-38(24-32)40-26-34(63(7,8)9)28-44-56(40)67(47)49-31-50-54-59-53(49)65(44)43-18-15-17-37-52-58(69(59)55(37)43)46(30-42-36-16-13-14-19-51(36)70-60(42)52)66(54)45-29-35(64(10,11)12)27-41-39-25-33(62(4,5)6)21-23-48(39)68(50)57(41)45/h13-26,28-31,35H,27H2,1-12H3. The average Bonchev–Trinajstić information content (AvgIpc) is 4.05. The number of benzene rings is 7. The lowest BCUT2D eigenvalue weighted by molar-refractivity contribution is 0.290. The van der Waals surface area contributed by atoms with Gasteiger partial charge in [-0.3, -0.25) is 0 Å². The lowest BCUT2D eigenvalue weighted by Gasteiger charge is -2.43. The van der Waals surface area contributed by atoms with E-state index in [4.69, 9.17) is 4.42 Å². The third-order valence-electron chi connectivity index (χ3n) is 18.1. The van der Waals surface area contributed by atoms with Crippen molar-refractivity contribution in [3.63, 3.8) is 0 Å². The second-order valence-corrected chi connectivity index (χ2v) is 26.2. The highest BCUT2D eigenvalue weighted by Gasteiger charge is 2.52. The fraction of sp³-hybridized carbons (Fsp3) is 0.281. The summed E-state index contributed by atoms with van der Waals surface area (Å²) in [6.07, 6.45) is 3.77. The van der Waals surface area contributed by atoms with Crippen LogP contribution in [0.25, 0.3) is 99.0 Å². The van der Waals surface area contributed by atoms with Crippen molar-refractivity contribution in [1.29, 1.82) is 0 Å². The molecule has 0 saturated carbocycles. The van der Waals surface area contributed by atoms with Crippen LogP contribution in [0, 0.1) is 11.3 Å². The molecule has 340 valence electrons. The Kier molecular flexibility index (Phi) is 6.93. The third-order valence-corrected chi connectivity index (χ3v) is 18.1. The third kappa shape index (κ3) is 4.60. The molecule has 16 rings (SSSR count). The van der Waals surface area contributed by atoms with E-state index in [1.54, 1.807) is 0 Å². The highest BCUT2D eigenvalue weighted by atomic mass is 16.3. The summed E-state index contributed by atoms with van der Waals surface area (Å²) in [6.45, 7) is 28.7. The van der Waals surface area contributed by atoms with E-state index in [9.17, 15) is 0 Å². The molecule has 5 aliphatic rings. The van der Waals surface area contributed by atoms with E-state index >= 15 is 0 Å². The normalized spacial score (nSPS) is 16.7. The molecule has 4 aliphatic heterocycles. The Hall–Kier alpha value is -6.65. The van der Waals surface area contributed by atoms with Crippen molar-refractivity contribution >= 4 is 123 Å². The van der Waals surface area contributed by atoms with Crippen LogP contribution in [0.3, 0.4) is 0 Å². The summed E-state index contributed by atoms with van der Waals surface area (Å²) >= 11 is 0. The highest BCUT2D eigenvalue weighted by molar-refractivity contribution is 7.06. The van der Waals surface area contributed by atoms with Crippen molar-refractivity contribution < 1.29 is 4.42 Å². The number of fused-ring (bicyclic) bond motifs is 17. The quantitative estimate of drug-likeness (QED) is 0.139. The SMILES string of the molecule is CC(C)(C)c1ccc2c(c1)c1c3n2-c2cc4c5c6c2B(C3=CC(C(C)(C)C)C1)c1cc2c3ccccc3oc2c2c3cccc(c3n-6c12)B5c1cc(C(C)(C)C)cc2c3cc(C(C)(C)C)ccc3n-4c12. The van der Waals surface area contributed by atoms with Gasteiger partial charge in [-0.25, -0.2) is 0 Å². The Bertz CT molecular complexity index is 4380. The number of hydrogen-bond acceptors (Lipinski definition) is 1. The summed E-state index contributed by atoms with van der Waals surface area (Å²) < 4.78 is 15.3. The summed E-state index contributed by atoms with van der Waals surface area (Å²) in [5.41, 5.74) is 28.3. The first-order valence-corrected chi connectivity index (χ1v) is 25.9. The molecule has 70 heavy (non-hydrogen) atoms. The molecule has 0 spiro atoms. The predicted molar refractivity (Wildman–Crippen MR) is 300 cm³/mol. The molecule has 0 fully saturated rings. The molecule has 0 amide bonds. The van der Waals surface area contributed by atoms with Gasteiger partial charge < -0.3 is 18.1 Å². The fourth-order valence-electron chi connectivity index (χ4n) is 14.5. The van der Waals surface area contributed by atoms with Gasteiger partial charge in [-0.15, -0.1) is 0 Å². The highest BCUT2D eigenvalue weighted by Crippen LogP contribution is 2.52. The molecule has 4 aromatic heterocycles. The van der Waals surface area contributed by atoms with Gasteiger partial charge in [0.05, 0.1) is 21.9 Å². The van der Waals surface area contributed by atoms with E-state index in [0.717, 1.165) is 17.6 Å². The van der Waals surface area contributed by atoms with E-state index in [1.807, 2.05) is 0 Å². The van der Waals surface area contributed by atoms with Crippen LogP contribution in [-0.2, 0) is 22.7 Å². The molecule has 0 saturated heterocycles. The van der Waals surface area contributed by atoms with Crippen LogP contribution in [0.4, 0.5) is 0 Å². The van der Waals surface area contributed by atoms with Crippen molar-refractivity contribution in [2.24, 2.45) is 11.3 Å². The van der Waals surface area contributed by atoms with Crippen LogP contribution in [0.15, 0.2) is 114 Å². The molecule has 11 aromatic rings. The Labute approximate surface area is 410 Å². The molecule has 0 bridgehead atoms. The molecule has 1 aliphatic carbocycles. The largest absolute Gasteiger partial charge is 0.455 e. The molecule has 0 radical (unpaired) electrons. The summed E-state index contributed by atoms with van der Waals surface area (Å²) in [5, 5.41) is 9.06. The number of rotatable bonds is 0. The van der Waals surface area contributed by atoms with Crippen LogP contribution in [-0.4, -0.2) is 27.1 Å². The van der Waals surface area contributed by atoms with Crippen LogP contribution < -0.4 is 27.3 Å². The molecule has 7 aromatic carbocycles. The first-order chi connectivity index (χ1) is 33.3. The van der Waals surface area contributed by atoms with Crippen LogP contribution in [0.5, 0.6) is 0 Å². The molecule has 1 unspecified atom stereocenters. The van der Waals surface area contributed by atoms with E-state index in [1.165, 1.54) is 143 Å². The topological polar surface area (TPSA) is 27.9 Å². The minimum Gasteiger partial charge on any atom is -0.455 e. The minimum absolute atomic E-state index is 0.0106. The maximum absolute atomic E-state index is 7.11. The first-order valence-electron chi connectivity index (χ1n) is 25.9. The second kappa shape index (κ2) is 12.1. The lowest BCUT2D eigenvalue weighted by atomic mass is 9.29. The maximum atomic E-state index is 7.11. The Morgan fingerprint density at radius 1 is 0.500 bits per heavy atom. The Morgan fingerprint density at radius 3 is 1.86 bits per heavy atom. The number of aromatic nitrogens is 3. The van der Waals surface area contributed by atoms with Gasteiger partial charge >= 0.3 is 0 Å². The Balaban J connectivity index is 1.17. The van der Waals surface area contributed by atoms with Crippen molar-refractivity contribution in [3.8, 4) is 17.1 Å². The molecular weight excluding hydrogens is 848 g/mol. The zero-order chi connectivity index (χ0) is 47.8. The lowest BCUT2D eigenvalue weighted by Crippen LogP contribution is -2.64. The van der Waals surface area contributed by atoms with Crippen LogP contribution in [0.1, 0.15) is 111 Å².